The number of fused-ring (bicyclic) bond motifs is 3. The molecule has 3 fully saturated rings. The third-order valence-electron chi connectivity index (χ3n) is 4.44. The van der Waals surface area contributed by atoms with Gasteiger partial charge in [-0.05, 0) is 31.2 Å². The van der Waals surface area contributed by atoms with E-state index in [1.165, 1.54) is 0 Å². The molecule has 22 heavy (non-hydrogen) atoms. The number of alkyl halides is 3. The van der Waals surface area contributed by atoms with Gasteiger partial charge in [-0.2, -0.15) is 13.2 Å². The van der Waals surface area contributed by atoms with E-state index in [1.54, 1.807) is 4.90 Å². The van der Waals surface area contributed by atoms with Crippen LogP contribution >= 0.6 is 0 Å². The van der Waals surface area contributed by atoms with Gasteiger partial charge in [0.1, 0.15) is 0 Å². The minimum Gasteiger partial charge on any atom is -0.363 e. The molecule has 1 aliphatic carbocycles. The number of halogens is 4. The first-order valence-corrected chi connectivity index (χ1v) is 7.09. The first kappa shape index (κ1) is 15.1. The minimum absolute atomic E-state index is 0.0639. The van der Waals surface area contributed by atoms with Crippen LogP contribution in [-0.2, 0) is 11.0 Å². The maximum absolute atomic E-state index is 13.8. The number of aromatic nitrogens is 1. The number of nitrogens with one attached hydrogen (secondary N) is 1. The number of rotatable bonds is 3. The molecule has 0 radical (unpaired) electrons. The van der Waals surface area contributed by atoms with Crippen molar-refractivity contribution < 1.29 is 22.4 Å². The number of hydrogen-bond acceptors (Lipinski definition) is 3. The largest absolute Gasteiger partial charge is 0.417 e. The Labute approximate surface area is 124 Å². The molecule has 3 heterocycles. The lowest BCUT2D eigenvalue weighted by molar-refractivity contribution is -0.138. The second-order valence-corrected chi connectivity index (χ2v) is 5.85. The van der Waals surface area contributed by atoms with Crippen LogP contribution in [0.25, 0.3) is 0 Å². The van der Waals surface area contributed by atoms with Gasteiger partial charge in [-0.3, -0.25) is 4.79 Å². The van der Waals surface area contributed by atoms with E-state index in [9.17, 15) is 22.4 Å². The average Bonchev–Trinajstić information content (AvgIpc) is 2.48. The first-order valence-electron chi connectivity index (χ1n) is 7.09. The maximum atomic E-state index is 13.8. The highest BCUT2D eigenvalue weighted by molar-refractivity contribution is 5.50. The van der Waals surface area contributed by atoms with E-state index in [1.807, 2.05) is 0 Å². The summed E-state index contributed by atoms with van der Waals surface area (Å²) in [4.78, 5) is 16.3. The van der Waals surface area contributed by atoms with Crippen molar-refractivity contribution in [1.29, 1.82) is 0 Å². The van der Waals surface area contributed by atoms with Crippen molar-refractivity contribution in [2.45, 2.75) is 37.5 Å². The van der Waals surface area contributed by atoms with Gasteiger partial charge in [0.2, 0.25) is 6.41 Å². The highest BCUT2D eigenvalue weighted by Gasteiger charge is 2.41. The molecule has 4 rings (SSSR count). The van der Waals surface area contributed by atoms with Crippen molar-refractivity contribution in [1.82, 2.24) is 9.88 Å². The van der Waals surface area contributed by atoms with Crippen LogP contribution in [0.3, 0.4) is 0 Å². The van der Waals surface area contributed by atoms with Crippen LogP contribution in [0.5, 0.6) is 0 Å². The highest BCUT2D eigenvalue weighted by Crippen LogP contribution is 2.36. The van der Waals surface area contributed by atoms with Crippen molar-refractivity contribution in [2.24, 2.45) is 5.92 Å². The molecule has 120 valence electrons. The number of nitrogens with zero attached hydrogens (tertiary/aromatic N) is 2. The van der Waals surface area contributed by atoms with E-state index in [2.05, 4.69) is 10.3 Å². The molecule has 0 aromatic carbocycles. The predicted octanol–water partition coefficient (Wildman–Crippen LogP) is 2.66. The number of anilines is 1. The zero-order chi connectivity index (χ0) is 15.9. The summed E-state index contributed by atoms with van der Waals surface area (Å²) in [5, 5.41) is 2.87. The Morgan fingerprint density at radius 2 is 2.14 bits per heavy atom. The number of carbonyl (C=O) groups excluding carboxylic acids is 1. The summed E-state index contributed by atoms with van der Waals surface area (Å²) in [6, 6.07) is 0.191. The normalized spacial score (nSPS) is 27.8. The fourth-order valence-corrected chi connectivity index (χ4v) is 3.39. The van der Waals surface area contributed by atoms with E-state index in [0.717, 1.165) is 25.7 Å². The monoisotopic (exact) mass is 317 g/mol. The Hall–Kier alpha value is -1.86. The number of piperidine rings is 2. The average molecular weight is 317 g/mol. The fraction of sp³-hybridized carbons (Fsp3) is 0.571. The molecule has 2 aliphatic heterocycles. The predicted molar refractivity (Wildman–Crippen MR) is 70.5 cm³/mol. The second kappa shape index (κ2) is 5.40. The third kappa shape index (κ3) is 2.74. The third-order valence-corrected chi connectivity index (χ3v) is 4.44. The molecule has 3 atom stereocenters. The zero-order valence-electron chi connectivity index (χ0n) is 11.6. The number of hydrogen-bond donors (Lipinski definition) is 1. The fourth-order valence-electron chi connectivity index (χ4n) is 3.39. The molecular weight excluding hydrogens is 302 g/mol. The summed E-state index contributed by atoms with van der Waals surface area (Å²) in [6.45, 7) is 0.690. The molecule has 1 aromatic heterocycles. The van der Waals surface area contributed by atoms with Crippen LogP contribution in [0.15, 0.2) is 12.3 Å². The van der Waals surface area contributed by atoms with Crippen molar-refractivity contribution in [3.63, 3.8) is 0 Å². The van der Waals surface area contributed by atoms with E-state index in [0.29, 0.717) is 24.7 Å². The molecule has 8 heteroatoms. The van der Waals surface area contributed by atoms with Crippen LogP contribution in [-0.4, -0.2) is 34.9 Å². The Balaban J connectivity index is 1.77. The lowest BCUT2D eigenvalue weighted by atomic mass is 9.77. The van der Waals surface area contributed by atoms with Gasteiger partial charge in [0.15, 0.2) is 11.6 Å². The lowest BCUT2D eigenvalue weighted by Gasteiger charge is -2.48. The quantitative estimate of drug-likeness (QED) is 0.688. The highest BCUT2D eigenvalue weighted by atomic mass is 19.4. The smallest absolute Gasteiger partial charge is 0.363 e. The van der Waals surface area contributed by atoms with Crippen LogP contribution in [0, 0.1) is 11.7 Å². The molecular formula is C14H15F4N3O. The summed E-state index contributed by atoms with van der Waals surface area (Å²) in [5.74, 6) is -0.893. The minimum atomic E-state index is -4.62. The summed E-state index contributed by atoms with van der Waals surface area (Å²) in [6.07, 6.45) is -0.646. The van der Waals surface area contributed by atoms with Crippen LogP contribution < -0.4 is 5.32 Å². The molecule has 0 unspecified atom stereocenters. The number of pyridine rings is 1. The molecule has 1 amide bonds. The van der Waals surface area contributed by atoms with Crippen molar-refractivity contribution >= 4 is 12.2 Å². The first-order chi connectivity index (χ1) is 10.4. The Morgan fingerprint density at radius 3 is 2.73 bits per heavy atom. The van der Waals surface area contributed by atoms with Gasteiger partial charge < -0.3 is 10.2 Å². The molecule has 3 aliphatic rings. The van der Waals surface area contributed by atoms with Crippen molar-refractivity contribution in [3.05, 3.63) is 23.6 Å². The second-order valence-electron chi connectivity index (χ2n) is 5.85. The van der Waals surface area contributed by atoms with Crippen LogP contribution in [0.2, 0.25) is 0 Å². The molecule has 2 bridgehead atoms. The summed E-state index contributed by atoms with van der Waals surface area (Å²) < 4.78 is 51.4. The van der Waals surface area contributed by atoms with E-state index in [4.69, 9.17) is 0 Å². The van der Waals surface area contributed by atoms with Gasteiger partial charge in [0.25, 0.3) is 0 Å². The van der Waals surface area contributed by atoms with Crippen molar-refractivity contribution in [2.75, 3.05) is 11.9 Å². The lowest BCUT2D eigenvalue weighted by Crippen LogP contribution is -2.57. The molecule has 2 saturated heterocycles. The Kier molecular flexibility index (Phi) is 3.70. The summed E-state index contributed by atoms with van der Waals surface area (Å²) >= 11 is 0. The SMILES string of the molecule is O=CN1C[C@@H]2CC[C@H]1[C@H](Nc1ncc(C(F)(F)F)cc1F)C2. The molecule has 0 spiro atoms. The van der Waals surface area contributed by atoms with Gasteiger partial charge >= 0.3 is 6.18 Å². The van der Waals surface area contributed by atoms with Gasteiger partial charge in [-0.25, -0.2) is 9.37 Å². The maximum Gasteiger partial charge on any atom is 0.417 e. The van der Waals surface area contributed by atoms with Gasteiger partial charge in [0.05, 0.1) is 11.6 Å². The van der Waals surface area contributed by atoms with Crippen LogP contribution in [0.4, 0.5) is 23.4 Å². The number of amides is 1. The summed E-state index contributed by atoms with van der Waals surface area (Å²) in [5.41, 5.74) is -1.12. The van der Waals surface area contributed by atoms with Gasteiger partial charge in [-0.1, -0.05) is 0 Å². The standard InChI is InChI=1S/C14H15F4N3O/c15-10-4-9(14(16,17)18)5-19-13(10)20-11-3-8-1-2-12(11)21(6-8)7-22/h4-5,7-8,11-12H,1-3,6H2,(H,19,20)/t8-,11-,12+/m1/s1. The topological polar surface area (TPSA) is 45.2 Å². The molecule has 1 saturated carbocycles. The Morgan fingerprint density at radius 1 is 1.36 bits per heavy atom. The van der Waals surface area contributed by atoms with E-state index < -0.39 is 17.6 Å². The van der Waals surface area contributed by atoms with Gasteiger partial charge in [0, 0.05) is 18.8 Å². The van der Waals surface area contributed by atoms with Crippen LogP contribution in [0.1, 0.15) is 24.8 Å². The van der Waals surface area contributed by atoms with Crippen molar-refractivity contribution in [3.8, 4) is 0 Å². The molecule has 1 N–H and O–H groups in total. The van der Waals surface area contributed by atoms with E-state index in [-0.39, 0.29) is 17.9 Å². The molecule has 1 aromatic rings. The molecule has 4 nitrogen and oxygen atoms in total. The van der Waals surface area contributed by atoms with E-state index >= 15 is 0 Å². The zero-order valence-corrected chi connectivity index (χ0v) is 11.6. The van der Waals surface area contributed by atoms with Gasteiger partial charge in [-0.15, -0.1) is 0 Å². The number of carbonyl (C=O) groups is 1. The Bertz CT molecular complexity index is 578. The summed E-state index contributed by atoms with van der Waals surface area (Å²) in [7, 11) is 0.